The Morgan fingerprint density at radius 2 is 2.10 bits per heavy atom. The number of carboxylic acids is 1. The van der Waals surface area contributed by atoms with Gasteiger partial charge >= 0.3 is 5.97 Å². The van der Waals surface area contributed by atoms with Crippen molar-refractivity contribution in [1.29, 1.82) is 0 Å². The van der Waals surface area contributed by atoms with Crippen molar-refractivity contribution in [3.05, 3.63) is 63.3 Å². The molecular weight excluding hydrogens is 256 g/mol. The molecule has 20 heavy (non-hydrogen) atoms. The second-order valence-electron chi connectivity index (χ2n) is 4.68. The molecule has 0 bridgehead atoms. The maximum absolute atomic E-state index is 12.2. The lowest BCUT2D eigenvalue weighted by Crippen LogP contribution is -2.30. The van der Waals surface area contributed by atoms with Gasteiger partial charge < -0.3 is 9.67 Å². The van der Waals surface area contributed by atoms with Gasteiger partial charge in [0.1, 0.15) is 5.56 Å². The predicted molar refractivity (Wildman–Crippen MR) is 75.1 cm³/mol. The molecular formula is C15H16N2O3. The standard InChI is InChI=1S/C15H16N2O3/c1-10-9-11(2)17(14(18)13(10)15(19)20)8-6-12-5-3-4-7-16-12/h3-5,7,9H,6,8H2,1-2H3,(H,19,20). The van der Waals surface area contributed by atoms with Crippen molar-refractivity contribution in [3.63, 3.8) is 0 Å². The number of aromatic nitrogens is 2. The minimum Gasteiger partial charge on any atom is -0.477 e. The fraction of sp³-hybridized carbons (Fsp3) is 0.267. The summed E-state index contributed by atoms with van der Waals surface area (Å²) in [6.45, 7) is 3.86. The summed E-state index contributed by atoms with van der Waals surface area (Å²) in [6, 6.07) is 7.32. The van der Waals surface area contributed by atoms with Crippen molar-refractivity contribution < 1.29 is 9.90 Å². The number of pyridine rings is 2. The van der Waals surface area contributed by atoms with Gasteiger partial charge in [0.05, 0.1) is 0 Å². The van der Waals surface area contributed by atoms with Crippen LogP contribution in [0.5, 0.6) is 0 Å². The van der Waals surface area contributed by atoms with E-state index >= 15 is 0 Å². The van der Waals surface area contributed by atoms with Crippen LogP contribution in [0, 0.1) is 13.8 Å². The largest absolute Gasteiger partial charge is 0.477 e. The maximum Gasteiger partial charge on any atom is 0.341 e. The van der Waals surface area contributed by atoms with Crippen molar-refractivity contribution in [1.82, 2.24) is 9.55 Å². The van der Waals surface area contributed by atoms with E-state index in [9.17, 15) is 9.59 Å². The van der Waals surface area contributed by atoms with Gasteiger partial charge in [0.2, 0.25) is 0 Å². The SMILES string of the molecule is Cc1cc(C)n(CCc2ccccn2)c(=O)c1C(=O)O. The summed E-state index contributed by atoms with van der Waals surface area (Å²) in [7, 11) is 0. The number of aromatic carboxylic acids is 1. The minimum atomic E-state index is -1.18. The smallest absolute Gasteiger partial charge is 0.341 e. The molecule has 0 amide bonds. The third kappa shape index (κ3) is 2.77. The summed E-state index contributed by atoms with van der Waals surface area (Å²) in [4.78, 5) is 27.6. The molecule has 0 aliphatic rings. The van der Waals surface area contributed by atoms with E-state index in [0.29, 0.717) is 18.5 Å². The molecule has 2 rings (SSSR count). The van der Waals surface area contributed by atoms with Crippen molar-refractivity contribution >= 4 is 5.97 Å². The highest BCUT2D eigenvalue weighted by Crippen LogP contribution is 2.07. The van der Waals surface area contributed by atoms with Gasteiger partial charge in [-0.05, 0) is 37.6 Å². The first-order valence-corrected chi connectivity index (χ1v) is 6.35. The van der Waals surface area contributed by atoms with Gasteiger partial charge in [0, 0.05) is 30.6 Å². The lowest BCUT2D eigenvalue weighted by atomic mass is 10.1. The second-order valence-corrected chi connectivity index (χ2v) is 4.68. The van der Waals surface area contributed by atoms with Crippen molar-refractivity contribution in [3.8, 4) is 0 Å². The van der Waals surface area contributed by atoms with Crippen LogP contribution in [0.1, 0.15) is 27.3 Å². The first kappa shape index (κ1) is 14.0. The zero-order chi connectivity index (χ0) is 14.7. The van der Waals surface area contributed by atoms with Gasteiger partial charge in [0.25, 0.3) is 5.56 Å². The van der Waals surface area contributed by atoms with E-state index < -0.39 is 11.5 Å². The summed E-state index contributed by atoms with van der Waals surface area (Å²) in [5.41, 5.74) is 1.52. The summed E-state index contributed by atoms with van der Waals surface area (Å²) < 4.78 is 1.49. The lowest BCUT2D eigenvalue weighted by molar-refractivity contribution is 0.0693. The molecule has 0 fully saturated rings. The molecule has 1 N–H and O–H groups in total. The Morgan fingerprint density at radius 3 is 2.70 bits per heavy atom. The second kappa shape index (κ2) is 5.69. The molecule has 5 nitrogen and oxygen atoms in total. The monoisotopic (exact) mass is 272 g/mol. The van der Waals surface area contributed by atoms with Crippen molar-refractivity contribution in [2.75, 3.05) is 0 Å². The van der Waals surface area contributed by atoms with Crippen LogP contribution in [0.4, 0.5) is 0 Å². The van der Waals surface area contributed by atoms with Gasteiger partial charge in [0.15, 0.2) is 0 Å². The number of carboxylic acid groups (broad SMARTS) is 1. The summed E-state index contributed by atoms with van der Waals surface area (Å²) in [5, 5.41) is 9.12. The van der Waals surface area contributed by atoms with Crippen LogP contribution >= 0.6 is 0 Å². The average Bonchev–Trinajstić information content (AvgIpc) is 2.38. The number of nitrogens with zero attached hydrogens (tertiary/aromatic N) is 2. The molecule has 0 radical (unpaired) electrons. The van der Waals surface area contributed by atoms with Gasteiger partial charge in [-0.1, -0.05) is 6.07 Å². The number of hydrogen-bond donors (Lipinski definition) is 1. The minimum absolute atomic E-state index is 0.156. The summed E-state index contributed by atoms with van der Waals surface area (Å²) in [5.74, 6) is -1.18. The van der Waals surface area contributed by atoms with E-state index in [1.165, 1.54) is 4.57 Å². The van der Waals surface area contributed by atoms with Crippen LogP contribution in [0.3, 0.4) is 0 Å². The van der Waals surface area contributed by atoms with E-state index in [1.807, 2.05) is 18.2 Å². The third-order valence-corrected chi connectivity index (χ3v) is 3.24. The van der Waals surface area contributed by atoms with Crippen LogP contribution in [0.25, 0.3) is 0 Å². The highest BCUT2D eigenvalue weighted by Gasteiger charge is 2.16. The van der Waals surface area contributed by atoms with Gasteiger partial charge in [-0.2, -0.15) is 0 Å². The number of rotatable bonds is 4. The Morgan fingerprint density at radius 1 is 1.35 bits per heavy atom. The Kier molecular flexibility index (Phi) is 3.98. The Hall–Kier alpha value is -2.43. The Balaban J connectivity index is 2.35. The van der Waals surface area contributed by atoms with Crippen LogP contribution in [-0.4, -0.2) is 20.6 Å². The number of hydrogen-bond acceptors (Lipinski definition) is 3. The van der Waals surface area contributed by atoms with Gasteiger partial charge in [-0.25, -0.2) is 4.79 Å². The maximum atomic E-state index is 12.2. The average molecular weight is 272 g/mol. The number of carbonyl (C=O) groups is 1. The van der Waals surface area contributed by atoms with E-state index in [1.54, 1.807) is 26.1 Å². The molecule has 0 aromatic carbocycles. The first-order valence-electron chi connectivity index (χ1n) is 6.35. The Bertz CT molecular complexity index is 690. The van der Waals surface area contributed by atoms with E-state index in [2.05, 4.69) is 4.98 Å². The molecule has 0 saturated carbocycles. The van der Waals surface area contributed by atoms with Crippen LogP contribution in [0.2, 0.25) is 0 Å². The molecule has 2 heterocycles. The molecule has 5 heteroatoms. The summed E-state index contributed by atoms with van der Waals surface area (Å²) in [6.07, 6.45) is 2.28. The molecule has 0 saturated heterocycles. The molecule has 104 valence electrons. The summed E-state index contributed by atoms with van der Waals surface area (Å²) >= 11 is 0. The van der Waals surface area contributed by atoms with Crippen molar-refractivity contribution in [2.45, 2.75) is 26.8 Å². The predicted octanol–water partition coefficient (Wildman–Crippen LogP) is 1.80. The molecule has 2 aromatic heterocycles. The van der Waals surface area contributed by atoms with Gasteiger partial charge in [-0.15, -0.1) is 0 Å². The third-order valence-electron chi connectivity index (χ3n) is 3.24. The highest BCUT2D eigenvalue weighted by molar-refractivity contribution is 5.88. The normalized spacial score (nSPS) is 10.5. The quantitative estimate of drug-likeness (QED) is 0.921. The molecule has 0 aliphatic carbocycles. The van der Waals surface area contributed by atoms with Crippen LogP contribution in [0.15, 0.2) is 35.3 Å². The molecule has 0 aliphatic heterocycles. The number of aryl methyl sites for hydroxylation is 3. The van der Waals surface area contributed by atoms with Crippen LogP contribution < -0.4 is 5.56 Å². The fourth-order valence-corrected chi connectivity index (χ4v) is 2.24. The molecule has 0 spiro atoms. The zero-order valence-electron chi connectivity index (χ0n) is 11.5. The van der Waals surface area contributed by atoms with E-state index in [0.717, 1.165) is 11.4 Å². The lowest BCUT2D eigenvalue weighted by Gasteiger charge is -2.12. The fourth-order valence-electron chi connectivity index (χ4n) is 2.24. The van der Waals surface area contributed by atoms with Crippen molar-refractivity contribution in [2.24, 2.45) is 0 Å². The van der Waals surface area contributed by atoms with Crippen LogP contribution in [-0.2, 0) is 13.0 Å². The molecule has 2 aromatic rings. The van der Waals surface area contributed by atoms with E-state index in [-0.39, 0.29) is 5.56 Å². The highest BCUT2D eigenvalue weighted by atomic mass is 16.4. The molecule has 0 atom stereocenters. The van der Waals surface area contributed by atoms with E-state index in [4.69, 9.17) is 5.11 Å². The topological polar surface area (TPSA) is 72.2 Å². The zero-order valence-corrected chi connectivity index (χ0v) is 11.5. The molecule has 0 unspecified atom stereocenters. The van der Waals surface area contributed by atoms with Gasteiger partial charge in [-0.3, -0.25) is 9.78 Å². The Labute approximate surface area is 116 Å². The first-order chi connectivity index (χ1) is 9.50.